The summed E-state index contributed by atoms with van der Waals surface area (Å²) in [7, 11) is 0. The Labute approximate surface area is 132 Å². The lowest BCUT2D eigenvalue weighted by Gasteiger charge is -2.21. The highest BCUT2D eigenvalue weighted by Gasteiger charge is 2.13. The van der Waals surface area contributed by atoms with Crippen LogP contribution in [0.4, 0.5) is 0 Å². The van der Waals surface area contributed by atoms with Crippen LogP contribution >= 0.6 is 0 Å². The molecule has 22 heavy (non-hydrogen) atoms. The summed E-state index contributed by atoms with van der Waals surface area (Å²) in [6.45, 7) is 3.25. The second kappa shape index (κ2) is 7.07. The zero-order valence-corrected chi connectivity index (χ0v) is 13.2. The van der Waals surface area contributed by atoms with Crippen LogP contribution in [-0.2, 0) is 19.4 Å². The molecule has 3 rings (SSSR count). The summed E-state index contributed by atoms with van der Waals surface area (Å²) in [6, 6.07) is 8.96. The highest BCUT2D eigenvalue weighted by molar-refractivity contribution is 5.35. The average molecular weight is 299 g/mol. The van der Waals surface area contributed by atoms with Crippen molar-refractivity contribution in [3.63, 3.8) is 0 Å². The van der Waals surface area contributed by atoms with Crippen LogP contribution < -0.4 is 5.32 Å². The molecular weight excluding hydrogens is 274 g/mol. The fraction of sp³-hybridized carbons (Fsp3) is 0.500. The fourth-order valence-electron chi connectivity index (χ4n) is 3.14. The van der Waals surface area contributed by atoms with E-state index in [0.29, 0.717) is 13.1 Å². The molecule has 0 saturated carbocycles. The Kier molecular flexibility index (Phi) is 4.90. The van der Waals surface area contributed by atoms with Crippen LogP contribution in [0, 0.1) is 0 Å². The van der Waals surface area contributed by atoms with Gasteiger partial charge in [-0.1, -0.05) is 18.2 Å². The third kappa shape index (κ3) is 3.76. The number of fused-ring (bicyclic) bond motifs is 1. The van der Waals surface area contributed by atoms with Gasteiger partial charge in [0.2, 0.25) is 0 Å². The van der Waals surface area contributed by atoms with Crippen molar-refractivity contribution in [1.29, 1.82) is 0 Å². The minimum atomic E-state index is -0.431. The zero-order chi connectivity index (χ0) is 15.4. The number of rotatable bonds is 6. The SMILES string of the molecule is CC(NCC(O)Cn1cccn1)c1ccc2c(c1)CCCC2. The maximum Gasteiger partial charge on any atom is 0.0860 e. The number of hydrogen-bond acceptors (Lipinski definition) is 3. The van der Waals surface area contributed by atoms with Gasteiger partial charge in [0.05, 0.1) is 12.6 Å². The van der Waals surface area contributed by atoms with Crippen molar-refractivity contribution in [1.82, 2.24) is 15.1 Å². The summed E-state index contributed by atoms with van der Waals surface area (Å²) in [6.07, 6.45) is 8.23. The number of nitrogens with zero attached hydrogens (tertiary/aromatic N) is 2. The van der Waals surface area contributed by atoms with E-state index in [2.05, 4.69) is 35.5 Å². The van der Waals surface area contributed by atoms with Crippen LogP contribution in [0.1, 0.15) is 42.5 Å². The number of hydrogen-bond donors (Lipinski definition) is 2. The number of benzene rings is 1. The van der Waals surface area contributed by atoms with E-state index in [1.165, 1.54) is 42.4 Å². The first-order chi connectivity index (χ1) is 10.7. The van der Waals surface area contributed by atoms with E-state index in [0.717, 1.165) is 0 Å². The van der Waals surface area contributed by atoms with Crippen molar-refractivity contribution in [2.24, 2.45) is 0 Å². The van der Waals surface area contributed by atoms with Gasteiger partial charge in [0.15, 0.2) is 0 Å². The Morgan fingerprint density at radius 3 is 2.86 bits per heavy atom. The van der Waals surface area contributed by atoms with E-state index in [-0.39, 0.29) is 6.04 Å². The molecule has 0 aliphatic heterocycles. The summed E-state index contributed by atoms with van der Waals surface area (Å²) in [5.74, 6) is 0. The molecule has 2 unspecified atom stereocenters. The largest absolute Gasteiger partial charge is 0.390 e. The lowest BCUT2D eigenvalue weighted by atomic mass is 9.89. The number of aryl methyl sites for hydroxylation is 2. The minimum absolute atomic E-state index is 0.250. The summed E-state index contributed by atoms with van der Waals surface area (Å²) in [5, 5.41) is 17.6. The lowest BCUT2D eigenvalue weighted by Crippen LogP contribution is -2.32. The molecule has 0 amide bonds. The molecule has 1 aromatic carbocycles. The van der Waals surface area contributed by atoms with Crippen LogP contribution in [0.3, 0.4) is 0 Å². The average Bonchev–Trinajstić information content (AvgIpc) is 3.05. The Balaban J connectivity index is 1.54. The molecule has 2 N–H and O–H groups in total. The van der Waals surface area contributed by atoms with Crippen molar-refractivity contribution in [3.05, 3.63) is 53.3 Å². The second-order valence-electron chi connectivity index (χ2n) is 6.25. The molecule has 0 spiro atoms. The normalized spacial score (nSPS) is 17.0. The predicted molar refractivity (Wildman–Crippen MR) is 87.7 cm³/mol. The van der Waals surface area contributed by atoms with Crippen LogP contribution in [0.15, 0.2) is 36.7 Å². The van der Waals surface area contributed by atoms with E-state index < -0.39 is 6.10 Å². The monoisotopic (exact) mass is 299 g/mol. The Morgan fingerprint density at radius 2 is 2.09 bits per heavy atom. The van der Waals surface area contributed by atoms with Gasteiger partial charge in [0, 0.05) is 25.0 Å². The highest BCUT2D eigenvalue weighted by atomic mass is 16.3. The summed E-state index contributed by atoms with van der Waals surface area (Å²) in [4.78, 5) is 0. The van der Waals surface area contributed by atoms with Gasteiger partial charge >= 0.3 is 0 Å². The van der Waals surface area contributed by atoms with Crippen LogP contribution in [0.25, 0.3) is 0 Å². The second-order valence-corrected chi connectivity index (χ2v) is 6.25. The molecule has 4 nitrogen and oxygen atoms in total. The Morgan fingerprint density at radius 1 is 1.27 bits per heavy atom. The topological polar surface area (TPSA) is 50.1 Å². The molecule has 4 heteroatoms. The van der Waals surface area contributed by atoms with E-state index in [4.69, 9.17) is 0 Å². The van der Waals surface area contributed by atoms with Crippen molar-refractivity contribution in [2.75, 3.05) is 6.54 Å². The molecule has 0 saturated heterocycles. The van der Waals surface area contributed by atoms with Crippen LogP contribution in [-0.4, -0.2) is 27.5 Å². The molecular formula is C18H25N3O. The first-order valence-corrected chi connectivity index (χ1v) is 8.23. The zero-order valence-electron chi connectivity index (χ0n) is 13.2. The van der Waals surface area contributed by atoms with Gasteiger partial charge in [-0.05, 0) is 55.4 Å². The molecule has 1 aromatic heterocycles. The molecule has 0 radical (unpaired) electrons. The van der Waals surface area contributed by atoms with Gasteiger partial charge in [-0.3, -0.25) is 4.68 Å². The van der Waals surface area contributed by atoms with E-state index in [1.54, 1.807) is 10.9 Å². The molecule has 2 atom stereocenters. The molecule has 2 aromatic rings. The van der Waals surface area contributed by atoms with Gasteiger partial charge < -0.3 is 10.4 Å². The van der Waals surface area contributed by atoms with Gasteiger partial charge in [-0.25, -0.2) is 0 Å². The van der Waals surface area contributed by atoms with E-state index in [9.17, 15) is 5.11 Å². The van der Waals surface area contributed by atoms with Crippen molar-refractivity contribution < 1.29 is 5.11 Å². The van der Waals surface area contributed by atoms with Crippen molar-refractivity contribution in [2.45, 2.75) is 51.3 Å². The molecule has 0 bridgehead atoms. The van der Waals surface area contributed by atoms with Gasteiger partial charge in [0.1, 0.15) is 0 Å². The third-order valence-corrected chi connectivity index (χ3v) is 4.49. The summed E-state index contributed by atoms with van der Waals surface area (Å²) in [5.41, 5.74) is 4.34. The van der Waals surface area contributed by atoms with Gasteiger partial charge in [0.25, 0.3) is 0 Å². The maximum absolute atomic E-state index is 10.1. The number of aliphatic hydroxyl groups excluding tert-OH is 1. The number of nitrogens with one attached hydrogen (secondary N) is 1. The van der Waals surface area contributed by atoms with Crippen LogP contribution in [0.2, 0.25) is 0 Å². The quantitative estimate of drug-likeness (QED) is 0.861. The smallest absolute Gasteiger partial charge is 0.0860 e. The Hall–Kier alpha value is -1.65. The lowest BCUT2D eigenvalue weighted by molar-refractivity contribution is 0.143. The molecule has 1 aliphatic rings. The molecule has 118 valence electrons. The highest BCUT2D eigenvalue weighted by Crippen LogP contribution is 2.24. The van der Waals surface area contributed by atoms with Crippen molar-refractivity contribution in [3.8, 4) is 0 Å². The standard InChI is InChI=1S/C18H25N3O/c1-14(19-12-18(22)13-21-10-4-9-20-21)16-8-7-15-5-2-3-6-17(15)11-16/h4,7-11,14,18-19,22H,2-3,5-6,12-13H2,1H3. The van der Waals surface area contributed by atoms with Gasteiger partial charge in [-0.2, -0.15) is 5.10 Å². The van der Waals surface area contributed by atoms with E-state index >= 15 is 0 Å². The molecule has 1 aliphatic carbocycles. The predicted octanol–water partition coefficient (Wildman–Crippen LogP) is 2.47. The van der Waals surface area contributed by atoms with Gasteiger partial charge in [-0.15, -0.1) is 0 Å². The number of aliphatic hydroxyl groups is 1. The third-order valence-electron chi connectivity index (χ3n) is 4.49. The maximum atomic E-state index is 10.1. The first kappa shape index (κ1) is 15.3. The van der Waals surface area contributed by atoms with Crippen LogP contribution in [0.5, 0.6) is 0 Å². The summed E-state index contributed by atoms with van der Waals surface area (Å²) >= 11 is 0. The van der Waals surface area contributed by atoms with E-state index in [1.807, 2.05) is 12.3 Å². The fourth-order valence-corrected chi connectivity index (χ4v) is 3.14. The summed E-state index contributed by atoms with van der Waals surface area (Å²) < 4.78 is 1.76. The Bertz CT molecular complexity index is 594. The first-order valence-electron chi connectivity index (χ1n) is 8.23. The van der Waals surface area contributed by atoms with Crippen molar-refractivity contribution >= 4 is 0 Å². The molecule has 0 fully saturated rings. The number of aromatic nitrogens is 2. The minimum Gasteiger partial charge on any atom is -0.390 e. The molecule has 1 heterocycles.